The molecule has 1 fully saturated rings. The van der Waals surface area contributed by atoms with Crippen LogP contribution in [0.2, 0.25) is 10.0 Å². The number of piperidine rings is 1. The van der Waals surface area contributed by atoms with Crippen molar-refractivity contribution in [2.75, 3.05) is 18.4 Å². The van der Waals surface area contributed by atoms with E-state index in [-0.39, 0.29) is 17.9 Å². The first kappa shape index (κ1) is 27.0. The summed E-state index contributed by atoms with van der Waals surface area (Å²) in [5.74, 6) is -0.262. The second-order valence-electron chi connectivity index (χ2n) is 10.4. The third-order valence-corrected chi connectivity index (χ3v) is 7.14. The average molecular weight is 543 g/mol. The molecule has 1 aliphatic heterocycles. The number of aromatic nitrogens is 2. The Balaban J connectivity index is 1.67. The zero-order chi connectivity index (χ0) is 26.9. The minimum atomic E-state index is -0.555. The summed E-state index contributed by atoms with van der Waals surface area (Å²) in [4.78, 5) is 27.9. The van der Waals surface area contributed by atoms with Gasteiger partial charge < -0.3 is 15.0 Å². The fourth-order valence-electron chi connectivity index (χ4n) is 4.52. The number of aryl methyl sites for hydroxylation is 1. The van der Waals surface area contributed by atoms with Gasteiger partial charge in [-0.05, 0) is 82.9 Å². The first-order chi connectivity index (χ1) is 17.4. The first-order valence-electron chi connectivity index (χ1n) is 12.3. The maximum Gasteiger partial charge on any atom is 0.410 e. The van der Waals surface area contributed by atoms with Gasteiger partial charge in [0.1, 0.15) is 5.60 Å². The van der Waals surface area contributed by atoms with Crippen molar-refractivity contribution in [3.8, 4) is 5.69 Å². The van der Waals surface area contributed by atoms with Gasteiger partial charge in [-0.25, -0.2) is 9.48 Å². The van der Waals surface area contributed by atoms with E-state index in [4.69, 9.17) is 27.9 Å². The van der Waals surface area contributed by atoms with Gasteiger partial charge in [-0.15, -0.1) is 0 Å². The summed E-state index contributed by atoms with van der Waals surface area (Å²) in [6.07, 6.45) is 2.62. The molecule has 1 aromatic heterocycles. The van der Waals surface area contributed by atoms with Crippen molar-refractivity contribution in [2.24, 2.45) is 0 Å². The lowest BCUT2D eigenvalue weighted by molar-refractivity contribution is 0.0203. The number of halogens is 2. The Morgan fingerprint density at radius 1 is 1.08 bits per heavy atom. The molecule has 2 aromatic carbocycles. The summed E-state index contributed by atoms with van der Waals surface area (Å²) >= 11 is 12.6. The van der Waals surface area contributed by atoms with Crippen molar-refractivity contribution in [1.82, 2.24) is 14.7 Å². The van der Waals surface area contributed by atoms with Crippen molar-refractivity contribution in [2.45, 2.75) is 59.0 Å². The SMILES string of the molecule is Cc1ccc(Cl)cc1NC(=O)c1cnn(-c2cccc(Cl)c2C)c1C1CCN(C(=O)OC(C)(C)C)CC1. The zero-order valence-corrected chi connectivity index (χ0v) is 23.3. The van der Waals surface area contributed by atoms with Crippen LogP contribution < -0.4 is 5.32 Å². The molecule has 3 aromatic rings. The summed E-state index contributed by atoms with van der Waals surface area (Å²) in [6, 6.07) is 11.0. The Morgan fingerprint density at radius 3 is 2.46 bits per heavy atom. The van der Waals surface area contributed by atoms with Crippen LogP contribution in [-0.4, -0.2) is 45.4 Å². The number of carbonyl (C=O) groups excluding carboxylic acids is 2. The van der Waals surface area contributed by atoms with Gasteiger partial charge in [-0.1, -0.05) is 35.3 Å². The number of benzene rings is 2. The van der Waals surface area contributed by atoms with Crippen LogP contribution in [0.15, 0.2) is 42.6 Å². The molecule has 1 N–H and O–H groups in total. The molecule has 0 spiro atoms. The molecule has 196 valence electrons. The van der Waals surface area contributed by atoms with Gasteiger partial charge in [0, 0.05) is 34.7 Å². The second-order valence-corrected chi connectivity index (χ2v) is 11.2. The number of rotatable bonds is 4. The zero-order valence-electron chi connectivity index (χ0n) is 21.8. The number of ether oxygens (including phenoxy) is 1. The molecule has 1 aliphatic rings. The highest BCUT2D eigenvalue weighted by molar-refractivity contribution is 6.31. The molecule has 2 heterocycles. The van der Waals surface area contributed by atoms with E-state index >= 15 is 0 Å². The monoisotopic (exact) mass is 542 g/mol. The number of carbonyl (C=O) groups is 2. The third kappa shape index (κ3) is 6.11. The standard InChI is InChI=1S/C28H32Cl2N4O3/c1-17-9-10-20(29)15-23(17)32-26(35)21-16-31-34(24-8-6-7-22(30)18(24)2)25(21)19-11-13-33(14-12-19)27(36)37-28(3,4)5/h6-10,15-16,19H,11-14H2,1-5H3,(H,32,35). The van der Waals surface area contributed by atoms with Gasteiger partial charge in [0.15, 0.2) is 0 Å². The van der Waals surface area contributed by atoms with Crippen LogP contribution in [0.25, 0.3) is 5.69 Å². The second kappa shape index (κ2) is 10.8. The number of likely N-dealkylation sites (tertiary alicyclic amines) is 1. The summed E-state index contributed by atoms with van der Waals surface area (Å²) in [5, 5.41) is 8.80. The summed E-state index contributed by atoms with van der Waals surface area (Å²) in [5.41, 5.74) is 3.96. The van der Waals surface area contributed by atoms with Gasteiger partial charge >= 0.3 is 6.09 Å². The molecule has 2 amide bonds. The van der Waals surface area contributed by atoms with Gasteiger partial charge in [0.25, 0.3) is 5.91 Å². The maximum absolute atomic E-state index is 13.5. The van der Waals surface area contributed by atoms with E-state index < -0.39 is 5.60 Å². The Morgan fingerprint density at radius 2 is 1.78 bits per heavy atom. The average Bonchev–Trinajstić information content (AvgIpc) is 3.27. The Hall–Kier alpha value is -3.03. The largest absolute Gasteiger partial charge is 0.444 e. The fraction of sp³-hybridized carbons (Fsp3) is 0.393. The predicted molar refractivity (Wildman–Crippen MR) is 147 cm³/mol. The van der Waals surface area contributed by atoms with E-state index in [2.05, 4.69) is 10.4 Å². The van der Waals surface area contributed by atoms with Gasteiger partial charge in [-0.3, -0.25) is 4.79 Å². The highest BCUT2D eigenvalue weighted by Gasteiger charge is 2.32. The lowest BCUT2D eigenvalue weighted by Crippen LogP contribution is -2.41. The maximum atomic E-state index is 13.5. The van der Waals surface area contributed by atoms with Crippen LogP contribution in [0.4, 0.5) is 10.5 Å². The molecule has 1 saturated heterocycles. The summed E-state index contributed by atoms with van der Waals surface area (Å²) < 4.78 is 7.37. The van der Waals surface area contributed by atoms with Crippen molar-refractivity contribution in [1.29, 1.82) is 0 Å². The molecule has 9 heteroatoms. The minimum absolute atomic E-state index is 0.000719. The molecule has 0 radical (unpaired) electrons. The molecule has 37 heavy (non-hydrogen) atoms. The molecule has 0 atom stereocenters. The van der Waals surface area contributed by atoms with Crippen LogP contribution in [0.3, 0.4) is 0 Å². The van der Waals surface area contributed by atoms with Crippen LogP contribution in [-0.2, 0) is 4.74 Å². The smallest absolute Gasteiger partial charge is 0.410 e. The van der Waals surface area contributed by atoms with E-state index in [0.717, 1.165) is 22.5 Å². The molecule has 0 saturated carbocycles. The van der Waals surface area contributed by atoms with Gasteiger partial charge in [0.05, 0.1) is 23.1 Å². The lowest BCUT2D eigenvalue weighted by Gasteiger charge is -2.34. The van der Waals surface area contributed by atoms with Crippen molar-refractivity contribution in [3.63, 3.8) is 0 Å². The van der Waals surface area contributed by atoms with E-state index in [9.17, 15) is 9.59 Å². The number of amides is 2. The van der Waals surface area contributed by atoms with Crippen molar-refractivity contribution < 1.29 is 14.3 Å². The molecule has 4 rings (SSSR count). The predicted octanol–water partition coefficient (Wildman–Crippen LogP) is 7.16. The molecular formula is C28H32Cl2N4O3. The van der Waals surface area contributed by atoms with Crippen molar-refractivity contribution >= 4 is 40.9 Å². The minimum Gasteiger partial charge on any atom is -0.444 e. The van der Waals surface area contributed by atoms with E-state index in [1.54, 1.807) is 23.2 Å². The van der Waals surface area contributed by atoms with Crippen molar-refractivity contribution in [3.05, 3.63) is 75.0 Å². The van der Waals surface area contributed by atoms with Crippen LogP contribution in [0, 0.1) is 13.8 Å². The van der Waals surface area contributed by atoms with Crippen LogP contribution in [0.5, 0.6) is 0 Å². The molecule has 0 unspecified atom stereocenters. The first-order valence-corrected chi connectivity index (χ1v) is 13.1. The molecule has 0 bridgehead atoms. The summed E-state index contributed by atoms with van der Waals surface area (Å²) in [6.45, 7) is 10.5. The number of nitrogens with zero attached hydrogens (tertiary/aromatic N) is 3. The molecule has 0 aliphatic carbocycles. The Labute approximate surface area is 227 Å². The van der Waals surface area contributed by atoms with Crippen LogP contribution in [0.1, 0.15) is 66.7 Å². The number of anilines is 1. The third-order valence-electron chi connectivity index (χ3n) is 6.50. The van der Waals surface area contributed by atoms with Gasteiger partial charge in [0.2, 0.25) is 0 Å². The van der Waals surface area contributed by atoms with E-state index in [0.29, 0.717) is 47.2 Å². The molecular weight excluding hydrogens is 511 g/mol. The van der Waals surface area contributed by atoms with E-state index in [1.165, 1.54) is 0 Å². The highest BCUT2D eigenvalue weighted by atomic mass is 35.5. The summed E-state index contributed by atoms with van der Waals surface area (Å²) in [7, 11) is 0. The fourth-order valence-corrected chi connectivity index (χ4v) is 4.87. The Kier molecular flexibility index (Phi) is 7.85. The number of nitrogens with one attached hydrogen (secondary N) is 1. The van der Waals surface area contributed by atoms with E-state index in [1.807, 2.05) is 63.6 Å². The number of hydrogen-bond acceptors (Lipinski definition) is 4. The highest BCUT2D eigenvalue weighted by Crippen LogP contribution is 2.35. The van der Waals surface area contributed by atoms with Gasteiger partial charge in [-0.2, -0.15) is 5.10 Å². The molecule has 7 nitrogen and oxygen atoms in total. The topological polar surface area (TPSA) is 76.5 Å². The lowest BCUT2D eigenvalue weighted by atomic mass is 9.90. The number of hydrogen-bond donors (Lipinski definition) is 1. The van der Waals surface area contributed by atoms with Crippen LogP contribution >= 0.6 is 23.2 Å². The Bertz CT molecular complexity index is 1320. The quantitative estimate of drug-likeness (QED) is 0.379. The normalized spacial score (nSPS) is 14.5.